The van der Waals surface area contributed by atoms with E-state index in [1.54, 1.807) is 12.4 Å². The van der Waals surface area contributed by atoms with Gasteiger partial charge in [-0.05, 0) is 36.8 Å². The zero-order valence-electron chi connectivity index (χ0n) is 13.3. The van der Waals surface area contributed by atoms with E-state index in [1.165, 1.54) is 0 Å². The molecule has 0 saturated carbocycles. The predicted octanol–water partition coefficient (Wildman–Crippen LogP) is 3.65. The van der Waals surface area contributed by atoms with Crippen molar-refractivity contribution in [2.45, 2.75) is 6.92 Å². The summed E-state index contributed by atoms with van der Waals surface area (Å²) in [6.07, 6.45) is 5.44. The van der Waals surface area contributed by atoms with Crippen LogP contribution in [0, 0.1) is 23.7 Å². The van der Waals surface area contributed by atoms with E-state index in [9.17, 15) is 5.26 Å². The molecule has 0 bridgehead atoms. The van der Waals surface area contributed by atoms with Gasteiger partial charge < -0.3 is 8.98 Å². The number of nitriles is 1. The Morgan fingerprint density at radius 2 is 2.04 bits per heavy atom. The molecule has 0 amide bonds. The lowest BCUT2D eigenvalue weighted by atomic mass is 9.97. The lowest BCUT2D eigenvalue weighted by Crippen LogP contribution is -2.07. The van der Waals surface area contributed by atoms with Crippen LogP contribution in [-0.2, 0) is 7.05 Å². The van der Waals surface area contributed by atoms with E-state index in [4.69, 9.17) is 9.83 Å². The molecule has 0 unspecified atom stereocenters. The van der Waals surface area contributed by atoms with Gasteiger partial charge in [0.1, 0.15) is 17.2 Å². The highest BCUT2D eigenvalue weighted by molar-refractivity contribution is 6.09. The first-order valence-corrected chi connectivity index (χ1v) is 7.51. The highest BCUT2D eigenvalue weighted by Crippen LogP contribution is 2.34. The third-order valence-electron chi connectivity index (χ3n) is 4.24. The molecule has 4 rings (SSSR count). The summed E-state index contributed by atoms with van der Waals surface area (Å²) in [5.41, 5.74) is 4.25. The number of nitrogens with zero attached hydrogens (tertiary/aromatic N) is 3. The molecule has 0 radical (unpaired) electrons. The molecule has 0 spiro atoms. The average molecular weight is 314 g/mol. The summed E-state index contributed by atoms with van der Waals surface area (Å²) < 4.78 is 7.71. The van der Waals surface area contributed by atoms with Gasteiger partial charge in [-0.15, -0.1) is 0 Å². The minimum atomic E-state index is -0.127. The normalized spacial score (nSPS) is 11.0. The maximum atomic E-state index is 9.55. The summed E-state index contributed by atoms with van der Waals surface area (Å²) in [6, 6.07) is 9.99. The van der Waals surface area contributed by atoms with E-state index in [2.05, 4.69) is 11.1 Å². The van der Waals surface area contributed by atoms with Crippen LogP contribution >= 0.6 is 0 Å². The van der Waals surface area contributed by atoms with Crippen LogP contribution in [0.2, 0.25) is 0 Å². The van der Waals surface area contributed by atoms with Crippen molar-refractivity contribution in [3.8, 4) is 17.2 Å². The summed E-state index contributed by atoms with van der Waals surface area (Å²) in [7, 11) is 1.96. The van der Waals surface area contributed by atoms with Gasteiger partial charge in [0.25, 0.3) is 0 Å². The highest BCUT2D eigenvalue weighted by Gasteiger charge is 2.17. The Balaban J connectivity index is 2.24. The van der Waals surface area contributed by atoms with Gasteiger partial charge in [-0.1, -0.05) is 0 Å². The highest BCUT2D eigenvalue weighted by atomic mass is 16.3. The number of benzene rings is 1. The van der Waals surface area contributed by atoms with E-state index in [0.29, 0.717) is 11.1 Å². The Hall–Kier alpha value is -3.39. The molecule has 0 aliphatic rings. The molecular formula is C19H14N4O. The molecule has 24 heavy (non-hydrogen) atoms. The Bertz CT molecular complexity index is 1210. The predicted molar refractivity (Wildman–Crippen MR) is 91.2 cm³/mol. The zero-order valence-corrected chi connectivity index (χ0v) is 13.3. The summed E-state index contributed by atoms with van der Waals surface area (Å²) in [4.78, 5) is 4.23. The van der Waals surface area contributed by atoms with Gasteiger partial charge in [0.15, 0.2) is 0 Å². The van der Waals surface area contributed by atoms with Crippen molar-refractivity contribution >= 4 is 21.9 Å². The van der Waals surface area contributed by atoms with Gasteiger partial charge in [-0.3, -0.25) is 10.4 Å². The fourth-order valence-electron chi connectivity index (χ4n) is 3.13. The monoisotopic (exact) mass is 314 g/mol. The maximum Gasteiger partial charge on any atom is 0.230 e. The second-order valence-corrected chi connectivity index (χ2v) is 5.85. The van der Waals surface area contributed by atoms with Crippen LogP contribution in [0.15, 0.2) is 47.3 Å². The second-order valence-electron chi connectivity index (χ2n) is 5.85. The molecule has 0 aliphatic heterocycles. The summed E-state index contributed by atoms with van der Waals surface area (Å²) in [6.45, 7) is 1.95. The molecule has 5 heteroatoms. The van der Waals surface area contributed by atoms with Crippen molar-refractivity contribution < 1.29 is 4.42 Å². The summed E-state index contributed by atoms with van der Waals surface area (Å²) in [5.74, 6) is 0. The van der Waals surface area contributed by atoms with Crippen molar-refractivity contribution in [3.63, 3.8) is 0 Å². The number of pyridine rings is 1. The van der Waals surface area contributed by atoms with Gasteiger partial charge in [-0.2, -0.15) is 5.26 Å². The molecule has 3 aromatic heterocycles. The first kappa shape index (κ1) is 14.2. The molecule has 116 valence electrons. The zero-order chi connectivity index (χ0) is 16.8. The van der Waals surface area contributed by atoms with Gasteiger partial charge in [0.05, 0.1) is 5.52 Å². The van der Waals surface area contributed by atoms with E-state index in [0.717, 1.165) is 27.4 Å². The van der Waals surface area contributed by atoms with Crippen molar-refractivity contribution in [1.82, 2.24) is 9.55 Å². The van der Waals surface area contributed by atoms with Crippen LogP contribution in [0.25, 0.3) is 33.0 Å². The minimum absolute atomic E-state index is 0.127. The molecular weight excluding hydrogens is 300 g/mol. The van der Waals surface area contributed by atoms with Gasteiger partial charge in [0.2, 0.25) is 5.55 Å². The molecule has 3 heterocycles. The van der Waals surface area contributed by atoms with Crippen molar-refractivity contribution in [2.75, 3.05) is 0 Å². The average Bonchev–Trinajstić information content (AvgIpc) is 2.95. The smallest absolute Gasteiger partial charge is 0.230 e. The molecule has 1 N–H and O–H groups in total. The fourth-order valence-corrected chi connectivity index (χ4v) is 3.13. The summed E-state index contributed by atoms with van der Waals surface area (Å²) in [5, 5.41) is 19.5. The van der Waals surface area contributed by atoms with E-state index < -0.39 is 0 Å². The first-order chi connectivity index (χ1) is 11.6. The Morgan fingerprint density at radius 1 is 1.21 bits per heavy atom. The quantitative estimate of drug-likeness (QED) is 0.582. The largest absolute Gasteiger partial charge is 0.437 e. The number of aryl methyl sites for hydroxylation is 2. The topological polar surface area (TPSA) is 78.6 Å². The van der Waals surface area contributed by atoms with Crippen molar-refractivity contribution in [3.05, 3.63) is 59.5 Å². The minimum Gasteiger partial charge on any atom is -0.437 e. The summed E-state index contributed by atoms with van der Waals surface area (Å²) >= 11 is 0. The Labute approximate surface area is 137 Å². The van der Waals surface area contributed by atoms with Crippen molar-refractivity contribution in [2.24, 2.45) is 7.05 Å². The fraction of sp³-hybridized carbons (Fsp3) is 0.105. The number of hydrogen-bond donors (Lipinski definition) is 1. The number of rotatable bonds is 1. The lowest BCUT2D eigenvalue weighted by molar-refractivity contribution is 0.534. The van der Waals surface area contributed by atoms with E-state index in [1.807, 2.05) is 49.0 Å². The number of nitrogens with one attached hydrogen (secondary N) is 1. The molecule has 0 aliphatic carbocycles. The third kappa shape index (κ3) is 1.94. The van der Waals surface area contributed by atoms with Crippen molar-refractivity contribution in [1.29, 1.82) is 10.7 Å². The molecule has 4 aromatic rings. The number of fused-ring (bicyclic) bond motifs is 3. The number of hydrogen-bond acceptors (Lipinski definition) is 4. The molecule has 0 saturated heterocycles. The molecule has 1 aromatic carbocycles. The van der Waals surface area contributed by atoms with Crippen LogP contribution in [0.3, 0.4) is 0 Å². The van der Waals surface area contributed by atoms with Gasteiger partial charge >= 0.3 is 0 Å². The van der Waals surface area contributed by atoms with Crippen LogP contribution < -0.4 is 5.55 Å². The van der Waals surface area contributed by atoms with Crippen LogP contribution in [0.1, 0.15) is 11.1 Å². The first-order valence-electron chi connectivity index (χ1n) is 7.51. The Kier molecular flexibility index (Phi) is 3.00. The molecule has 0 atom stereocenters. The SMILES string of the molecule is Cc1cncc(-c2c(C#N)c(=N)oc3c2ccc2c3ccn2C)c1. The van der Waals surface area contributed by atoms with Gasteiger partial charge in [0, 0.05) is 47.5 Å². The van der Waals surface area contributed by atoms with Crippen LogP contribution in [-0.4, -0.2) is 9.55 Å². The standard InChI is InChI=1S/C19H14N4O/c1-11-7-12(10-22-9-11)17-14-3-4-16-13(5-6-23(16)2)18(14)24-19(21)15(17)8-20/h3-7,9-10,21H,1-2H3. The van der Waals surface area contributed by atoms with Crippen LogP contribution in [0.5, 0.6) is 0 Å². The van der Waals surface area contributed by atoms with E-state index >= 15 is 0 Å². The number of aromatic nitrogens is 2. The second kappa shape index (κ2) is 5.07. The molecule has 0 fully saturated rings. The van der Waals surface area contributed by atoms with Crippen LogP contribution in [0.4, 0.5) is 0 Å². The molecule has 5 nitrogen and oxygen atoms in total. The van der Waals surface area contributed by atoms with E-state index in [-0.39, 0.29) is 11.1 Å². The lowest BCUT2D eigenvalue weighted by Gasteiger charge is -2.10. The Morgan fingerprint density at radius 3 is 2.79 bits per heavy atom. The van der Waals surface area contributed by atoms with Gasteiger partial charge in [-0.25, -0.2) is 0 Å². The maximum absolute atomic E-state index is 9.55. The third-order valence-corrected chi connectivity index (χ3v) is 4.24.